The van der Waals surface area contributed by atoms with E-state index < -0.39 is 5.97 Å². The number of aryl methyl sites for hydroxylation is 1. The van der Waals surface area contributed by atoms with Crippen molar-refractivity contribution in [2.24, 2.45) is 0 Å². The maximum absolute atomic E-state index is 11.0. The lowest BCUT2D eigenvalue weighted by molar-refractivity contribution is -0.137. The van der Waals surface area contributed by atoms with Crippen LogP contribution in [0.2, 0.25) is 0 Å². The highest BCUT2D eigenvalue weighted by atomic mass is 32.1. The van der Waals surface area contributed by atoms with Gasteiger partial charge >= 0.3 is 5.97 Å². The van der Waals surface area contributed by atoms with Gasteiger partial charge in [0.2, 0.25) is 0 Å². The zero-order chi connectivity index (χ0) is 21.8. The lowest BCUT2D eigenvalue weighted by Gasteiger charge is -2.12. The first kappa shape index (κ1) is 21.5. The summed E-state index contributed by atoms with van der Waals surface area (Å²) in [6.45, 7) is 7.73. The molecule has 0 spiro atoms. The van der Waals surface area contributed by atoms with Gasteiger partial charge in [-0.15, -0.1) is 10.2 Å². The number of hydrogen-bond donors (Lipinski definition) is 1. The number of aliphatic carboxylic acids is 1. The highest BCUT2D eigenvalue weighted by Crippen LogP contribution is 2.34. The molecule has 3 aromatic rings. The molecule has 0 radical (unpaired) electrons. The number of rotatable bonds is 7. The second kappa shape index (κ2) is 9.06. The van der Waals surface area contributed by atoms with Crippen LogP contribution in [0.5, 0.6) is 5.75 Å². The van der Waals surface area contributed by atoms with Crippen molar-refractivity contribution in [2.45, 2.75) is 46.1 Å². The van der Waals surface area contributed by atoms with Crippen molar-refractivity contribution in [2.75, 3.05) is 0 Å². The van der Waals surface area contributed by atoms with E-state index in [1.165, 1.54) is 11.3 Å². The van der Waals surface area contributed by atoms with Crippen LogP contribution in [0, 0.1) is 18.3 Å². The molecule has 1 N–H and O–H groups in total. The first-order chi connectivity index (χ1) is 14.3. The molecule has 0 aliphatic rings. The fourth-order valence-corrected chi connectivity index (χ4v) is 4.10. The molecule has 1 atom stereocenters. The third kappa shape index (κ3) is 4.84. The van der Waals surface area contributed by atoms with Crippen molar-refractivity contribution in [3.05, 3.63) is 53.1 Å². The molecule has 0 fully saturated rings. The van der Waals surface area contributed by atoms with Crippen molar-refractivity contribution in [3.63, 3.8) is 0 Å². The third-order valence-electron chi connectivity index (χ3n) is 4.67. The Labute approximate surface area is 179 Å². The van der Waals surface area contributed by atoms with Crippen molar-refractivity contribution < 1.29 is 14.6 Å². The van der Waals surface area contributed by atoms with Gasteiger partial charge in [0.05, 0.1) is 18.1 Å². The Bertz CT molecular complexity index is 1120. The topological polar surface area (TPSA) is 96.1 Å². The van der Waals surface area contributed by atoms with Crippen LogP contribution in [-0.2, 0) is 4.79 Å². The zero-order valence-electron chi connectivity index (χ0n) is 17.3. The third-order valence-corrected chi connectivity index (χ3v) is 5.67. The summed E-state index contributed by atoms with van der Waals surface area (Å²) in [7, 11) is 0. The van der Waals surface area contributed by atoms with Crippen molar-refractivity contribution in [3.8, 4) is 33.0 Å². The van der Waals surface area contributed by atoms with Crippen LogP contribution in [0.3, 0.4) is 0 Å². The summed E-state index contributed by atoms with van der Waals surface area (Å²) in [5.74, 6) is -0.307. The van der Waals surface area contributed by atoms with Crippen LogP contribution in [0.25, 0.3) is 21.1 Å². The smallest absolute Gasteiger partial charge is 0.303 e. The van der Waals surface area contributed by atoms with Crippen LogP contribution < -0.4 is 4.74 Å². The van der Waals surface area contributed by atoms with E-state index in [1.807, 2.05) is 52.0 Å². The lowest BCUT2D eigenvalue weighted by Crippen LogP contribution is -2.06. The van der Waals surface area contributed by atoms with Crippen LogP contribution >= 0.6 is 11.3 Å². The SMILES string of the molecule is Cc1cc(C(C)CC(=O)O)ccc1-c1nnc(-c2ccc(OC(C)C)c(C#N)c2)s1. The average Bonchev–Trinajstić information content (AvgIpc) is 3.17. The minimum absolute atomic E-state index is 0.0137. The molecule has 0 amide bonds. The van der Waals surface area contributed by atoms with Gasteiger partial charge in [-0.2, -0.15) is 5.26 Å². The van der Waals surface area contributed by atoms with E-state index in [0.717, 1.165) is 32.3 Å². The Morgan fingerprint density at radius 2 is 1.90 bits per heavy atom. The van der Waals surface area contributed by atoms with Gasteiger partial charge in [-0.3, -0.25) is 4.79 Å². The second-order valence-corrected chi connectivity index (χ2v) is 8.45. The average molecular weight is 422 g/mol. The summed E-state index contributed by atoms with van der Waals surface area (Å²) in [5.41, 5.74) is 4.25. The predicted molar refractivity (Wildman–Crippen MR) is 117 cm³/mol. The maximum atomic E-state index is 11.0. The summed E-state index contributed by atoms with van der Waals surface area (Å²) in [4.78, 5) is 11.0. The molecule has 1 unspecified atom stereocenters. The van der Waals surface area contributed by atoms with Crippen LogP contribution in [0.1, 0.15) is 49.8 Å². The van der Waals surface area contributed by atoms with Crippen LogP contribution in [-0.4, -0.2) is 27.4 Å². The van der Waals surface area contributed by atoms with E-state index in [9.17, 15) is 10.1 Å². The normalized spacial score (nSPS) is 11.9. The van der Waals surface area contributed by atoms with Crippen LogP contribution in [0.4, 0.5) is 0 Å². The molecule has 154 valence electrons. The van der Waals surface area contributed by atoms with Gasteiger partial charge in [0.1, 0.15) is 21.8 Å². The highest BCUT2D eigenvalue weighted by Gasteiger charge is 2.16. The number of aromatic nitrogens is 2. The minimum Gasteiger partial charge on any atom is -0.490 e. The first-order valence-electron chi connectivity index (χ1n) is 9.66. The molecule has 1 heterocycles. The fraction of sp³-hybridized carbons (Fsp3) is 0.304. The van der Waals surface area contributed by atoms with Gasteiger partial charge < -0.3 is 9.84 Å². The number of hydrogen-bond acceptors (Lipinski definition) is 6. The van der Waals surface area contributed by atoms with E-state index >= 15 is 0 Å². The second-order valence-electron chi connectivity index (χ2n) is 7.47. The molecule has 0 aliphatic heterocycles. The highest BCUT2D eigenvalue weighted by molar-refractivity contribution is 7.17. The van der Waals surface area contributed by atoms with Gasteiger partial charge in [-0.1, -0.05) is 36.5 Å². The quantitative estimate of drug-likeness (QED) is 0.547. The minimum atomic E-state index is -0.806. The molecule has 1 aromatic heterocycles. The summed E-state index contributed by atoms with van der Waals surface area (Å²) in [6, 6.07) is 13.5. The molecular weight excluding hydrogens is 398 g/mol. The number of carbonyl (C=O) groups is 1. The molecule has 30 heavy (non-hydrogen) atoms. The number of carboxylic acids is 1. The monoisotopic (exact) mass is 421 g/mol. The van der Waals surface area contributed by atoms with Crippen LogP contribution in [0.15, 0.2) is 36.4 Å². The lowest BCUT2D eigenvalue weighted by atomic mass is 9.94. The number of nitriles is 1. The molecule has 0 bridgehead atoms. The van der Waals surface area contributed by atoms with Crippen molar-refractivity contribution in [1.29, 1.82) is 5.26 Å². The summed E-state index contributed by atoms with van der Waals surface area (Å²) in [5, 5.41) is 28.6. The molecule has 0 saturated heterocycles. The Kier molecular flexibility index (Phi) is 6.48. The zero-order valence-corrected chi connectivity index (χ0v) is 18.2. The Balaban J connectivity index is 1.88. The van der Waals surface area contributed by atoms with E-state index in [0.29, 0.717) is 11.3 Å². The van der Waals surface area contributed by atoms with E-state index in [1.54, 1.807) is 12.1 Å². The first-order valence-corrected chi connectivity index (χ1v) is 10.5. The molecule has 0 aliphatic carbocycles. The predicted octanol–water partition coefficient (Wildman–Crippen LogP) is 5.42. The molecule has 2 aromatic carbocycles. The summed E-state index contributed by atoms with van der Waals surface area (Å²) >= 11 is 1.45. The molecule has 6 nitrogen and oxygen atoms in total. The van der Waals surface area contributed by atoms with Gasteiger partial charge in [0.15, 0.2) is 0 Å². The molecule has 7 heteroatoms. The molecular formula is C23H23N3O3S. The number of ether oxygens (including phenoxy) is 1. The summed E-state index contributed by atoms with van der Waals surface area (Å²) < 4.78 is 5.68. The van der Waals surface area contributed by atoms with Gasteiger partial charge in [0.25, 0.3) is 0 Å². The van der Waals surface area contributed by atoms with E-state index in [2.05, 4.69) is 16.3 Å². The Morgan fingerprint density at radius 1 is 1.17 bits per heavy atom. The van der Waals surface area contributed by atoms with Gasteiger partial charge in [0, 0.05) is 11.1 Å². The molecule has 3 rings (SSSR count). The summed E-state index contributed by atoms with van der Waals surface area (Å²) in [6.07, 6.45) is 0.0831. The Hall–Kier alpha value is -3.24. The fourth-order valence-electron chi connectivity index (χ4n) is 3.17. The van der Waals surface area contributed by atoms with Crippen molar-refractivity contribution >= 4 is 17.3 Å². The van der Waals surface area contributed by atoms with E-state index in [4.69, 9.17) is 9.84 Å². The Morgan fingerprint density at radius 3 is 2.53 bits per heavy atom. The largest absolute Gasteiger partial charge is 0.490 e. The van der Waals surface area contributed by atoms with Crippen molar-refractivity contribution in [1.82, 2.24) is 10.2 Å². The maximum Gasteiger partial charge on any atom is 0.303 e. The standard InChI is InChI=1S/C23H23N3O3S/c1-13(2)29-20-8-6-17(11-18(20)12-24)22-25-26-23(30-22)19-7-5-16(9-15(19)4)14(3)10-21(27)28/h5-9,11,13-14H,10H2,1-4H3,(H,27,28). The van der Waals surface area contributed by atoms with Gasteiger partial charge in [-0.25, -0.2) is 0 Å². The number of nitrogens with zero attached hydrogens (tertiary/aromatic N) is 3. The van der Waals surface area contributed by atoms with E-state index in [-0.39, 0.29) is 18.4 Å². The van der Waals surface area contributed by atoms with Gasteiger partial charge in [-0.05, 0) is 56.0 Å². The number of carboxylic acid groups (broad SMARTS) is 1. The molecule has 0 saturated carbocycles. The number of benzene rings is 2.